The summed E-state index contributed by atoms with van der Waals surface area (Å²) >= 11 is 50.8. The fourth-order valence-corrected chi connectivity index (χ4v) is 18.6. The number of hydrogen-bond donors (Lipinski definition) is 4. The molecular weight excluding hydrogens is 1350 g/mol. The molecule has 6 aromatic rings. The Bertz CT molecular complexity index is 3690. The van der Waals surface area contributed by atoms with E-state index in [0.717, 1.165) is 53.5 Å². The monoisotopic (exact) mass is 1420 g/mol. The highest BCUT2D eigenvalue weighted by Gasteiger charge is 2.62. The number of hydrogen-bond acceptors (Lipinski definition) is 9. The van der Waals surface area contributed by atoms with E-state index >= 15 is 0 Å². The van der Waals surface area contributed by atoms with Crippen LogP contribution in [0.2, 0.25) is 40.2 Å². The SMILES string of the molecule is COC[C@@]12CC[C@@H](c3ccc(Cl)cc3Cl)[C@H](c3ccc(Cl)cc3)C1[C@@H](C)NC2=O.C[C@@H]1[C@H]2[C@@H](c3ccc(Cl)cc3)[C@H](c3ccc(Cl)cc3Cl)CC[C@@H]2C(=O)N1C(=O)OC(C)(C)C.C[C@H]1NC(=O)[C@]2(CO)CC[C@@H](c3ccc(OCCO)cc3Cl)[C@H](c3ccc(Cl)cc3)[C@H]12. The normalized spacial score (nSPS) is 29.5. The Hall–Kier alpha value is -4.80. The van der Waals surface area contributed by atoms with Gasteiger partial charge in [0.05, 0.1) is 30.7 Å². The van der Waals surface area contributed by atoms with Gasteiger partial charge in [0.15, 0.2) is 0 Å². The fourth-order valence-electron chi connectivity index (χ4n) is 16.8. The van der Waals surface area contributed by atoms with Gasteiger partial charge in [-0.25, -0.2) is 9.69 Å². The zero-order valence-corrected chi connectivity index (χ0v) is 59.0. The van der Waals surface area contributed by atoms with Crippen LogP contribution in [0.1, 0.15) is 149 Å². The largest absolute Gasteiger partial charge is 0.491 e. The molecule has 12 nitrogen and oxygen atoms in total. The zero-order chi connectivity index (χ0) is 67.0. The Morgan fingerprint density at radius 3 is 1.40 bits per heavy atom. The molecular formula is C73H79Cl8N3O9. The van der Waals surface area contributed by atoms with Gasteiger partial charge in [-0.15, -0.1) is 0 Å². The molecule has 4 amide bonds. The maximum Gasteiger partial charge on any atom is 0.417 e. The summed E-state index contributed by atoms with van der Waals surface area (Å²) in [6.07, 6.45) is 3.80. The van der Waals surface area contributed by atoms with E-state index in [-0.39, 0.29) is 115 Å². The van der Waals surface area contributed by atoms with E-state index in [2.05, 4.69) is 29.7 Å². The Balaban J connectivity index is 0.000000153. The first kappa shape index (κ1) is 71.0. The summed E-state index contributed by atoms with van der Waals surface area (Å²) < 4.78 is 16.6. The van der Waals surface area contributed by atoms with Gasteiger partial charge in [0.1, 0.15) is 18.0 Å². The third-order valence-corrected chi connectivity index (χ3v) is 22.7. The van der Waals surface area contributed by atoms with Crippen molar-refractivity contribution in [1.82, 2.24) is 15.5 Å². The summed E-state index contributed by atoms with van der Waals surface area (Å²) in [5.74, 6) is 0.542. The maximum atomic E-state index is 13.4. The number of carbonyl (C=O) groups is 4. The van der Waals surface area contributed by atoms with Crippen molar-refractivity contribution >= 4 is 117 Å². The Morgan fingerprint density at radius 1 is 0.548 bits per heavy atom. The van der Waals surface area contributed by atoms with E-state index in [9.17, 15) is 24.3 Å². The summed E-state index contributed by atoms with van der Waals surface area (Å²) in [6, 6.07) is 40.1. The second-order valence-corrected chi connectivity index (χ2v) is 30.3. The van der Waals surface area contributed by atoms with E-state index < -0.39 is 22.5 Å². The Labute approximate surface area is 585 Å². The van der Waals surface area contributed by atoms with Crippen LogP contribution in [-0.2, 0) is 23.9 Å². The molecule has 20 heteroatoms. The molecule has 6 aliphatic rings. The van der Waals surface area contributed by atoms with Gasteiger partial charge in [0.2, 0.25) is 17.7 Å². The number of imide groups is 1. The first-order valence-electron chi connectivity index (χ1n) is 31.7. The molecule has 1 unspecified atom stereocenters. The number of rotatable bonds is 12. The number of fused-ring (bicyclic) bond motifs is 3. The number of amides is 4. The second-order valence-electron chi connectivity index (χ2n) is 26.9. The van der Waals surface area contributed by atoms with Crippen molar-refractivity contribution in [2.45, 2.75) is 139 Å². The number of likely N-dealkylation sites (tertiary alicyclic amines) is 1. The smallest absolute Gasteiger partial charge is 0.417 e. The predicted molar refractivity (Wildman–Crippen MR) is 371 cm³/mol. The minimum atomic E-state index is -0.795. The number of aliphatic hydroxyl groups is 2. The van der Waals surface area contributed by atoms with E-state index in [1.54, 1.807) is 46.1 Å². The minimum Gasteiger partial charge on any atom is -0.491 e. The van der Waals surface area contributed by atoms with Crippen LogP contribution in [0, 0.1) is 34.5 Å². The van der Waals surface area contributed by atoms with Crippen LogP contribution in [0.15, 0.2) is 127 Å². The molecule has 0 aromatic heterocycles. The lowest BCUT2D eigenvalue weighted by atomic mass is 9.55. The summed E-state index contributed by atoms with van der Waals surface area (Å²) in [5.41, 5.74) is 4.40. The molecule has 3 saturated carbocycles. The molecule has 0 radical (unpaired) electrons. The number of halogens is 8. The number of ether oxygens (including phenoxy) is 3. The van der Waals surface area contributed by atoms with Crippen molar-refractivity contribution in [1.29, 1.82) is 0 Å². The van der Waals surface area contributed by atoms with Crippen LogP contribution in [-0.4, -0.2) is 96.2 Å². The molecule has 3 aliphatic carbocycles. The van der Waals surface area contributed by atoms with Gasteiger partial charge < -0.3 is 35.1 Å². The highest BCUT2D eigenvalue weighted by Crippen LogP contribution is 2.62. The minimum absolute atomic E-state index is 0.0196. The van der Waals surface area contributed by atoms with Crippen LogP contribution >= 0.6 is 92.8 Å². The number of aliphatic hydroxyl groups excluding tert-OH is 2. The van der Waals surface area contributed by atoms with Crippen molar-refractivity contribution in [2.75, 3.05) is 33.5 Å². The highest BCUT2D eigenvalue weighted by molar-refractivity contribution is 6.36. The van der Waals surface area contributed by atoms with Gasteiger partial charge in [-0.3, -0.25) is 14.4 Å². The third kappa shape index (κ3) is 14.5. The molecule has 0 bridgehead atoms. The number of methoxy groups -OCH3 is 1. The van der Waals surface area contributed by atoms with Crippen LogP contribution in [0.3, 0.4) is 0 Å². The quantitative estimate of drug-likeness (QED) is 0.0934. The van der Waals surface area contributed by atoms with Crippen molar-refractivity contribution < 1.29 is 43.6 Å². The van der Waals surface area contributed by atoms with Crippen molar-refractivity contribution in [3.8, 4) is 5.75 Å². The summed E-state index contributed by atoms with van der Waals surface area (Å²) in [7, 11) is 1.67. The first-order chi connectivity index (χ1) is 44.3. The summed E-state index contributed by atoms with van der Waals surface area (Å²) in [4.78, 5) is 53.7. The van der Waals surface area contributed by atoms with Crippen LogP contribution in [0.25, 0.3) is 0 Å². The molecule has 12 rings (SSSR count). The molecule has 4 N–H and O–H groups in total. The molecule has 15 atom stereocenters. The van der Waals surface area contributed by atoms with Crippen molar-refractivity contribution in [3.63, 3.8) is 0 Å². The molecule has 6 aromatic carbocycles. The third-order valence-electron chi connectivity index (χ3n) is 20.5. The predicted octanol–water partition coefficient (Wildman–Crippen LogP) is 17.9. The lowest BCUT2D eigenvalue weighted by Crippen LogP contribution is -2.47. The van der Waals surface area contributed by atoms with E-state index in [1.165, 1.54) is 10.5 Å². The second kappa shape index (κ2) is 29.5. The lowest BCUT2D eigenvalue weighted by Gasteiger charge is -2.47. The molecule has 93 heavy (non-hydrogen) atoms. The molecule has 3 aliphatic heterocycles. The van der Waals surface area contributed by atoms with Gasteiger partial charge >= 0.3 is 6.09 Å². The number of nitrogens with one attached hydrogen (secondary N) is 2. The van der Waals surface area contributed by atoms with Gasteiger partial charge in [-0.1, -0.05) is 147 Å². The molecule has 3 saturated heterocycles. The van der Waals surface area contributed by atoms with Crippen LogP contribution in [0.4, 0.5) is 4.79 Å². The average Bonchev–Trinajstić information content (AvgIpc) is 1.65. The van der Waals surface area contributed by atoms with Crippen LogP contribution in [0.5, 0.6) is 5.75 Å². The summed E-state index contributed by atoms with van der Waals surface area (Å²) in [6.45, 7) is 11.8. The van der Waals surface area contributed by atoms with Crippen LogP contribution < -0.4 is 15.4 Å². The van der Waals surface area contributed by atoms with E-state index in [1.807, 2.05) is 111 Å². The molecule has 6 fully saturated rings. The zero-order valence-electron chi connectivity index (χ0n) is 52.9. The van der Waals surface area contributed by atoms with Crippen molar-refractivity contribution in [2.24, 2.45) is 34.5 Å². The van der Waals surface area contributed by atoms with E-state index in [0.29, 0.717) is 65.4 Å². The standard InChI is InChI=1S/C26H28Cl3NO3.C24H27Cl2NO4.C23H24Cl3NO2/c1-14-22-20(24(31)30(14)25(32)33-26(2,3)4)12-11-19(18-10-9-17(28)13-21(18)29)23(22)15-5-7-16(27)8-6-15;1-14-22-21(15-2-4-16(25)5-3-15)19(8-9-24(22,13-29)23(30)27-14)18-7-6-17(12-20(18)26)31-11-10-28;1-13-21-20(14-3-5-15(24)6-4-14)18(17-8-7-16(25)11-19(17)26)9-10-23(21,12-29-2)22(28)27-13/h5-10,13-14,19-20,22-23H,11-12H2,1-4H3;2-7,12,14,19,21-22,28-29H,8-11,13H2,1H3,(H,27,30);3-8,11,13,18,20-21H,9-10,12H2,1-2H3,(H,27,28)/t14-,19+,20+,22-,23+;14-,19+,21+,22+,24+;13-,18+,20+,21?,23+/m111/s1. The Morgan fingerprint density at radius 2 is 0.957 bits per heavy atom. The first-order valence-corrected chi connectivity index (χ1v) is 34.8. The molecule has 496 valence electrons. The molecule has 0 spiro atoms. The lowest BCUT2D eigenvalue weighted by molar-refractivity contribution is -0.135. The number of nitrogens with zero attached hydrogens (tertiary/aromatic N) is 1. The van der Waals surface area contributed by atoms with Gasteiger partial charge in [0, 0.05) is 83.2 Å². The van der Waals surface area contributed by atoms with Crippen molar-refractivity contribution in [3.05, 3.63) is 201 Å². The van der Waals surface area contributed by atoms with Gasteiger partial charge in [-0.2, -0.15) is 0 Å². The topological polar surface area (TPSA) is 164 Å². The highest BCUT2D eigenvalue weighted by atomic mass is 35.5. The van der Waals surface area contributed by atoms with E-state index in [4.69, 9.17) is 112 Å². The number of benzene rings is 6. The molecule has 3 heterocycles. The maximum absolute atomic E-state index is 13.4. The summed E-state index contributed by atoms with van der Waals surface area (Å²) in [5, 5.41) is 30.7. The number of carbonyl (C=O) groups excluding carboxylic acids is 4. The fraction of sp³-hybridized carbons (Fsp3) is 0.452. The van der Waals surface area contributed by atoms with Gasteiger partial charge in [-0.05, 0) is 228 Å². The average molecular weight is 1430 g/mol. The van der Waals surface area contributed by atoms with Gasteiger partial charge in [0.25, 0.3) is 0 Å². The Kier molecular flexibility index (Phi) is 22.5.